The summed E-state index contributed by atoms with van der Waals surface area (Å²) < 4.78 is 5.41. The monoisotopic (exact) mass is 368 g/mol. The number of carbonyl (C=O) groups excluding carboxylic acids is 2. The summed E-state index contributed by atoms with van der Waals surface area (Å²) in [7, 11) is 1.53. The number of rotatable bonds is 5. The highest BCUT2D eigenvalue weighted by Gasteiger charge is 2.24. The van der Waals surface area contributed by atoms with Crippen molar-refractivity contribution >= 4 is 23.2 Å². The van der Waals surface area contributed by atoms with Crippen LogP contribution in [0.3, 0.4) is 0 Å². The van der Waals surface area contributed by atoms with Crippen LogP contribution in [0, 0.1) is 0 Å². The summed E-state index contributed by atoms with van der Waals surface area (Å²) in [4.78, 5) is 26.3. The molecular formula is C21H24N2O4. The van der Waals surface area contributed by atoms with Crippen molar-refractivity contribution in [2.75, 3.05) is 23.9 Å². The summed E-state index contributed by atoms with van der Waals surface area (Å²) in [5.74, 6) is 0.364. The Morgan fingerprint density at radius 2 is 2.00 bits per heavy atom. The van der Waals surface area contributed by atoms with E-state index in [2.05, 4.69) is 5.32 Å². The molecule has 1 aliphatic rings. The third kappa shape index (κ3) is 3.89. The lowest BCUT2D eigenvalue weighted by molar-refractivity contribution is -0.117. The van der Waals surface area contributed by atoms with Gasteiger partial charge in [0.1, 0.15) is 11.5 Å². The van der Waals surface area contributed by atoms with Gasteiger partial charge in [-0.1, -0.05) is 19.9 Å². The lowest BCUT2D eigenvalue weighted by Gasteiger charge is -2.20. The smallest absolute Gasteiger partial charge is 0.259 e. The van der Waals surface area contributed by atoms with Gasteiger partial charge in [-0.15, -0.1) is 0 Å². The second-order valence-electron chi connectivity index (χ2n) is 6.92. The second kappa shape index (κ2) is 7.70. The third-order valence-corrected chi connectivity index (χ3v) is 4.73. The molecule has 6 heteroatoms. The molecule has 0 bridgehead atoms. The van der Waals surface area contributed by atoms with Gasteiger partial charge in [-0.2, -0.15) is 0 Å². The molecule has 1 fully saturated rings. The number of methoxy groups -OCH3 is 1. The van der Waals surface area contributed by atoms with Gasteiger partial charge >= 0.3 is 0 Å². The summed E-state index contributed by atoms with van der Waals surface area (Å²) in [6.07, 6.45) is 1.36. The summed E-state index contributed by atoms with van der Waals surface area (Å²) in [5, 5.41) is 12.8. The van der Waals surface area contributed by atoms with Crippen molar-refractivity contribution in [3.63, 3.8) is 0 Å². The van der Waals surface area contributed by atoms with Gasteiger partial charge < -0.3 is 20.1 Å². The first-order chi connectivity index (χ1) is 12.9. The van der Waals surface area contributed by atoms with Gasteiger partial charge in [0.25, 0.3) is 5.91 Å². The van der Waals surface area contributed by atoms with Crippen molar-refractivity contribution < 1.29 is 19.4 Å². The van der Waals surface area contributed by atoms with Gasteiger partial charge in [-0.25, -0.2) is 0 Å². The van der Waals surface area contributed by atoms with E-state index < -0.39 is 5.91 Å². The molecule has 1 heterocycles. The van der Waals surface area contributed by atoms with E-state index in [1.165, 1.54) is 13.2 Å². The molecule has 0 atom stereocenters. The van der Waals surface area contributed by atoms with Crippen molar-refractivity contribution in [3.05, 3.63) is 47.5 Å². The Bertz CT molecular complexity index is 876. The zero-order valence-electron chi connectivity index (χ0n) is 15.8. The number of amides is 2. The molecule has 2 N–H and O–H groups in total. The summed E-state index contributed by atoms with van der Waals surface area (Å²) >= 11 is 0. The van der Waals surface area contributed by atoms with Gasteiger partial charge in [0.05, 0.1) is 18.4 Å². The Labute approximate surface area is 158 Å². The van der Waals surface area contributed by atoms with Crippen LogP contribution in [-0.2, 0) is 4.79 Å². The molecule has 0 radical (unpaired) electrons. The quantitative estimate of drug-likeness (QED) is 0.839. The maximum atomic E-state index is 12.6. The Morgan fingerprint density at radius 1 is 1.22 bits per heavy atom. The van der Waals surface area contributed by atoms with Crippen LogP contribution in [0.1, 0.15) is 48.5 Å². The average Bonchev–Trinajstić information content (AvgIpc) is 3.07. The molecule has 142 valence electrons. The molecular weight excluding hydrogens is 344 g/mol. The number of phenols is 1. The second-order valence-corrected chi connectivity index (χ2v) is 6.92. The van der Waals surface area contributed by atoms with Crippen molar-refractivity contribution in [3.8, 4) is 11.5 Å². The van der Waals surface area contributed by atoms with Crippen LogP contribution in [0.2, 0.25) is 0 Å². The average molecular weight is 368 g/mol. The van der Waals surface area contributed by atoms with E-state index in [1.807, 2.05) is 19.9 Å². The van der Waals surface area contributed by atoms with Crippen molar-refractivity contribution in [2.24, 2.45) is 0 Å². The maximum absolute atomic E-state index is 12.6. The van der Waals surface area contributed by atoms with Crippen LogP contribution in [0.5, 0.6) is 11.5 Å². The minimum Gasteiger partial charge on any atom is -0.507 e. The molecule has 0 aliphatic carbocycles. The van der Waals surface area contributed by atoms with E-state index in [0.717, 1.165) is 12.0 Å². The fraction of sp³-hybridized carbons (Fsp3) is 0.333. The van der Waals surface area contributed by atoms with Crippen LogP contribution in [0.15, 0.2) is 36.4 Å². The predicted octanol–water partition coefficient (Wildman–Crippen LogP) is 3.90. The van der Waals surface area contributed by atoms with Crippen molar-refractivity contribution in [2.45, 2.75) is 32.6 Å². The molecule has 0 unspecified atom stereocenters. The van der Waals surface area contributed by atoms with Crippen molar-refractivity contribution in [1.29, 1.82) is 0 Å². The first kappa shape index (κ1) is 18.8. The number of carbonyl (C=O) groups is 2. The third-order valence-electron chi connectivity index (χ3n) is 4.73. The van der Waals surface area contributed by atoms with E-state index in [1.54, 1.807) is 29.2 Å². The molecule has 1 saturated heterocycles. The van der Waals surface area contributed by atoms with Gasteiger partial charge in [-0.05, 0) is 42.2 Å². The number of nitrogens with one attached hydrogen (secondary N) is 1. The first-order valence-electron chi connectivity index (χ1n) is 9.03. The fourth-order valence-electron chi connectivity index (χ4n) is 3.17. The number of benzene rings is 2. The van der Waals surface area contributed by atoms with Crippen LogP contribution in [0.25, 0.3) is 0 Å². The van der Waals surface area contributed by atoms with E-state index in [9.17, 15) is 14.7 Å². The molecule has 2 amide bonds. The lowest BCUT2D eigenvalue weighted by Crippen LogP contribution is -2.24. The topological polar surface area (TPSA) is 78.9 Å². The Hall–Kier alpha value is -3.02. The number of ether oxygens (including phenoxy) is 1. The Kier molecular flexibility index (Phi) is 5.35. The van der Waals surface area contributed by atoms with Gasteiger partial charge in [0.2, 0.25) is 5.91 Å². The molecule has 0 aromatic heterocycles. The zero-order chi connectivity index (χ0) is 19.6. The van der Waals surface area contributed by atoms with E-state index >= 15 is 0 Å². The summed E-state index contributed by atoms with van der Waals surface area (Å²) in [6.45, 7) is 4.71. The number of hydrogen-bond acceptors (Lipinski definition) is 4. The molecule has 2 aromatic rings. The van der Waals surface area contributed by atoms with E-state index in [-0.39, 0.29) is 23.1 Å². The lowest BCUT2D eigenvalue weighted by atomic mass is 10.00. The first-order valence-corrected chi connectivity index (χ1v) is 9.03. The fourth-order valence-corrected chi connectivity index (χ4v) is 3.17. The van der Waals surface area contributed by atoms with E-state index in [4.69, 9.17) is 4.74 Å². The largest absolute Gasteiger partial charge is 0.507 e. The Balaban J connectivity index is 1.84. The highest BCUT2D eigenvalue weighted by Crippen LogP contribution is 2.34. The predicted molar refractivity (Wildman–Crippen MR) is 105 cm³/mol. The van der Waals surface area contributed by atoms with Crippen LogP contribution >= 0.6 is 0 Å². The van der Waals surface area contributed by atoms with Gasteiger partial charge in [-0.3, -0.25) is 9.59 Å². The molecule has 0 saturated carbocycles. The van der Waals surface area contributed by atoms with Gasteiger partial charge in [0.15, 0.2) is 0 Å². The van der Waals surface area contributed by atoms with E-state index in [0.29, 0.717) is 30.1 Å². The zero-order valence-corrected chi connectivity index (χ0v) is 15.8. The highest BCUT2D eigenvalue weighted by atomic mass is 16.5. The molecule has 0 spiro atoms. The van der Waals surface area contributed by atoms with Gasteiger partial charge in [0, 0.05) is 24.7 Å². The van der Waals surface area contributed by atoms with Crippen LogP contribution in [0.4, 0.5) is 11.4 Å². The Morgan fingerprint density at radius 3 is 2.63 bits per heavy atom. The number of nitrogens with zero attached hydrogens (tertiary/aromatic N) is 1. The molecule has 2 aromatic carbocycles. The summed E-state index contributed by atoms with van der Waals surface area (Å²) in [6, 6.07) is 10.2. The van der Waals surface area contributed by atoms with Crippen LogP contribution < -0.4 is 15.0 Å². The molecule has 1 aliphatic heterocycles. The minimum absolute atomic E-state index is 0.0665. The summed E-state index contributed by atoms with van der Waals surface area (Å²) in [5.41, 5.74) is 2.42. The number of hydrogen-bond donors (Lipinski definition) is 2. The maximum Gasteiger partial charge on any atom is 0.259 e. The molecule has 3 rings (SSSR count). The normalized spacial score (nSPS) is 13.9. The van der Waals surface area contributed by atoms with Crippen molar-refractivity contribution in [1.82, 2.24) is 0 Å². The molecule has 6 nitrogen and oxygen atoms in total. The van der Waals surface area contributed by atoms with Crippen LogP contribution in [-0.4, -0.2) is 30.6 Å². The number of aromatic hydroxyl groups is 1. The number of anilines is 2. The molecule has 27 heavy (non-hydrogen) atoms. The standard InChI is InChI=1S/C21H24N2O4/c1-13(2)14-6-9-18(24)16(11-14)21(26)22-15-7-8-17(19(12-15)27-3)23-10-4-5-20(23)25/h6-9,11-13,24H,4-5,10H2,1-3H3,(H,22,26). The SMILES string of the molecule is COc1cc(NC(=O)c2cc(C(C)C)ccc2O)ccc1N1CCCC1=O. The highest BCUT2D eigenvalue weighted by molar-refractivity contribution is 6.06. The minimum atomic E-state index is -0.401. The number of phenolic OH excluding ortho intramolecular Hbond substituents is 1.